The van der Waals surface area contributed by atoms with Gasteiger partial charge in [0.25, 0.3) is 5.91 Å². The summed E-state index contributed by atoms with van der Waals surface area (Å²) in [6, 6.07) is 2.41. The van der Waals surface area contributed by atoms with E-state index in [4.69, 9.17) is 0 Å². The molecule has 6 nitrogen and oxygen atoms in total. The molecule has 0 aliphatic carbocycles. The molecule has 3 amide bonds. The number of rotatable bonds is 4. The first kappa shape index (κ1) is 18.5. The number of esters is 1. The van der Waals surface area contributed by atoms with E-state index in [0.29, 0.717) is 0 Å². The predicted octanol–water partition coefficient (Wildman–Crippen LogP) is 2.10. The van der Waals surface area contributed by atoms with Crippen LogP contribution in [0, 0.1) is 0 Å². The van der Waals surface area contributed by atoms with Gasteiger partial charge in [-0.15, -0.1) is 0 Å². The van der Waals surface area contributed by atoms with Crippen LogP contribution in [0.25, 0.3) is 0 Å². The van der Waals surface area contributed by atoms with Gasteiger partial charge in [-0.3, -0.25) is 10.1 Å². The van der Waals surface area contributed by atoms with Gasteiger partial charge in [0.05, 0.1) is 11.1 Å². The number of nitrogens with one attached hydrogen (secondary N) is 2. The van der Waals surface area contributed by atoms with Gasteiger partial charge in [-0.2, -0.15) is 13.2 Å². The smallest absolute Gasteiger partial charge is 0.416 e. The highest BCUT2D eigenvalue weighted by Gasteiger charge is 2.30. The lowest BCUT2D eigenvalue weighted by Gasteiger charge is -2.10. The van der Waals surface area contributed by atoms with E-state index >= 15 is 0 Å². The van der Waals surface area contributed by atoms with E-state index in [9.17, 15) is 27.6 Å². The number of amides is 3. The molecule has 9 heteroatoms. The minimum absolute atomic E-state index is 0.141. The van der Waals surface area contributed by atoms with Gasteiger partial charge in [-0.1, -0.05) is 0 Å². The van der Waals surface area contributed by atoms with Crippen molar-refractivity contribution in [3.05, 3.63) is 35.4 Å². The molecule has 1 rings (SSSR count). The van der Waals surface area contributed by atoms with Crippen LogP contribution in [0.4, 0.5) is 18.0 Å². The summed E-state index contributed by atoms with van der Waals surface area (Å²) in [6.07, 6.45) is -4.51. The zero-order valence-corrected chi connectivity index (χ0v) is 12.4. The maximum absolute atomic E-state index is 12.4. The standard InChI is InChI=1S/C14H15F3N2O4/c1-8(2)18-13(22)19-11(20)7-23-12(21)9-3-5-10(6-4-9)14(15,16)17/h3-6,8H,7H2,1-2H3,(H2,18,19,20,22). The summed E-state index contributed by atoms with van der Waals surface area (Å²) in [6.45, 7) is 2.65. The van der Waals surface area contributed by atoms with Crippen molar-refractivity contribution in [3.63, 3.8) is 0 Å². The summed E-state index contributed by atoms with van der Waals surface area (Å²) in [7, 11) is 0. The lowest BCUT2D eigenvalue weighted by Crippen LogP contribution is -2.44. The fraction of sp³-hybridized carbons (Fsp3) is 0.357. The summed E-state index contributed by atoms with van der Waals surface area (Å²) in [5.74, 6) is -1.83. The lowest BCUT2D eigenvalue weighted by molar-refractivity contribution is -0.137. The molecule has 0 aliphatic rings. The fourth-order valence-corrected chi connectivity index (χ4v) is 1.47. The third kappa shape index (κ3) is 6.37. The van der Waals surface area contributed by atoms with E-state index in [1.54, 1.807) is 13.8 Å². The molecule has 2 N–H and O–H groups in total. The third-order valence-electron chi connectivity index (χ3n) is 2.46. The Morgan fingerprint density at radius 3 is 2.17 bits per heavy atom. The largest absolute Gasteiger partial charge is 0.452 e. The Morgan fingerprint density at radius 1 is 1.13 bits per heavy atom. The van der Waals surface area contributed by atoms with Gasteiger partial charge in [0, 0.05) is 6.04 Å². The molecule has 0 spiro atoms. The van der Waals surface area contributed by atoms with Crippen molar-refractivity contribution in [1.29, 1.82) is 0 Å². The van der Waals surface area contributed by atoms with Gasteiger partial charge >= 0.3 is 18.2 Å². The van der Waals surface area contributed by atoms with E-state index < -0.39 is 36.3 Å². The molecule has 0 atom stereocenters. The molecule has 1 aromatic rings. The average Bonchev–Trinajstić information content (AvgIpc) is 2.43. The molecule has 0 aromatic heterocycles. The summed E-state index contributed by atoms with van der Waals surface area (Å²) in [4.78, 5) is 34.2. The summed E-state index contributed by atoms with van der Waals surface area (Å²) in [5.41, 5.74) is -1.05. The van der Waals surface area contributed by atoms with Crippen LogP contribution in [0.5, 0.6) is 0 Å². The third-order valence-corrected chi connectivity index (χ3v) is 2.46. The van der Waals surface area contributed by atoms with E-state index in [0.717, 1.165) is 24.3 Å². The summed E-state index contributed by atoms with van der Waals surface area (Å²) >= 11 is 0. The van der Waals surface area contributed by atoms with Crippen LogP contribution in [0.15, 0.2) is 24.3 Å². The Bertz CT molecular complexity index is 583. The van der Waals surface area contributed by atoms with Gasteiger partial charge in [0.2, 0.25) is 0 Å². The monoisotopic (exact) mass is 332 g/mol. The van der Waals surface area contributed by atoms with Crippen LogP contribution in [-0.4, -0.2) is 30.6 Å². The highest BCUT2D eigenvalue weighted by molar-refractivity contribution is 5.97. The SMILES string of the molecule is CC(C)NC(=O)NC(=O)COC(=O)c1ccc(C(F)(F)F)cc1. The van der Waals surface area contributed by atoms with E-state index in [1.807, 2.05) is 5.32 Å². The van der Waals surface area contributed by atoms with Crippen LogP contribution in [0.2, 0.25) is 0 Å². The summed E-state index contributed by atoms with van der Waals surface area (Å²) in [5, 5.41) is 4.33. The van der Waals surface area contributed by atoms with Crippen molar-refractivity contribution >= 4 is 17.9 Å². The van der Waals surface area contributed by atoms with Crippen molar-refractivity contribution in [2.45, 2.75) is 26.1 Å². The number of carbonyl (C=O) groups excluding carboxylic acids is 3. The fourth-order valence-electron chi connectivity index (χ4n) is 1.47. The van der Waals surface area contributed by atoms with Crippen LogP contribution in [0.3, 0.4) is 0 Å². The summed E-state index contributed by atoms with van der Waals surface area (Å²) < 4.78 is 41.7. The second-order valence-electron chi connectivity index (χ2n) is 4.83. The topological polar surface area (TPSA) is 84.5 Å². The second-order valence-corrected chi connectivity index (χ2v) is 4.83. The Labute approximate surface area is 130 Å². The molecule has 0 fully saturated rings. The molecule has 0 aliphatic heterocycles. The minimum atomic E-state index is -4.51. The number of hydrogen-bond donors (Lipinski definition) is 2. The molecular formula is C14H15F3N2O4. The van der Waals surface area contributed by atoms with Crippen LogP contribution in [-0.2, 0) is 15.7 Å². The zero-order chi connectivity index (χ0) is 17.6. The first-order valence-corrected chi connectivity index (χ1v) is 6.54. The molecule has 0 saturated heterocycles. The van der Waals surface area contributed by atoms with Gasteiger partial charge in [0.15, 0.2) is 6.61 Å². The van der Waals surface area contributed by atoms with E-state index in [2.05, 4.69) is 10.1 Å². The van der Waals surface area contributed by atoms with Crippen molar-refractivity contribution in [1.82, 2.24) is 10.6 Å². The number of alkyl halides is 3. The molecule has 0 saturated carbocycles. The van der Waals surface area contributed by atoms with Crippen molar-refractivity contribution < 1.29 is 32.3 Å². The number of imide groups is 1. The molecule has 0 heterocycles. The Balaban J connectivity index is 2.50. The molecule has 0 radical (unpaired) electrons. The highest BCUT2D eigenvalue weighted by atomic mass is 19.4. The van der Waals surface area contributed by atoms with Crippen LogP contribution in [0.1, 0.15) is 29.8 Å². The van der Waals surface area contributed by atoms with Crippen LogP contribution >= 0.6 is 0 Å². The number of halogens is 3. The first-order chi connectivity index (χ1) is 10.6. The second kappa shape index (κ2) is 7.61. The number of urea groups is 1. The molecule has 23 heavy (non-hydrogen) atoms. The molecule has 0 bridgehead atoms. The molecule has 126 valence electrons. The zero-order valence-electron chi connectivity index (χ0n) is 12.4. The molecule has 0 unspecified atom stereocenters. The van der Waals surface area contributed by atoms with Crippen LogP contribution < -0.4 is 10.6 Å². The number of benzene rings is 1. The van der Waals surface area contributed by atoms with Gasteiger partial charge in [0.1, 0.15) is 0 Å². The van der Waals surface area contributed by atoms with Gasteiger partial charge < -0.3 is 10.1 Å². The number of hydrogen-bond acceptors (Lipinski definition) is 4. The average molecular weight is 332 g/mol. The molecular weight excluding hydrogens is 317 g/mol. The lowest BCUT2D eigenvalue weighted by atomic mass is 10.1. The van der Waals surface area contributed by atoms with Gasteiger partial charge in [-0.25, -0.2) is 9.59 Å². The van der Waals surface area contributed by atoms with E-state index in [1.165, 1.54) is 0 Å². The highest BCUT2D eigenvalue weighted by Crippen LogP contribution is 2.29. The number of carbonyl (C=O) groups is 3. The van der Waals surface area contributed by atoms with E-state index in [-0.39, 0.29) is 11.6 Å². The normalized spacial score (nSPS) is 11.0. The molecule has 1 aromatic carbocycles. The van der Waals surface area contributed by atoms with Crippen molar-refractivity contribution in [2.75, 3.05) is 6.61 Å². The van der Waals surface area contributed by atoms with Gasteiger partial charge in [-0.05, 0) is 38.1 Å². The quantitative estimate of drug-likeness (QED) is 0.827. The number of ether oxygens (including phenoxy) is 1. The van der Waals surface area contributed by atoms with Crippen molar-refractivity contribution in [2.24, 2.45) is 0 Å². The Morgan fingerprint density at radius 2 is 1.70 bits per heavy atom. The Hall–Kier alpha value is -2.58. The Kier molecular flexibility index (Phi) is 6.11. The maximum atomic E-state index is 12.4. The first-order valence-electron chi connectivity index (χ1n) is 6.54. The minimum Gasteiger partial charge on any atom is -0.452 e. The predicted molar refractivity (Wildman–Crippen MR) is 73.5 cm³/mol. The van der Waals surface area contributed by atoms with Crippen molar-refractivity contribution in [3.8, 4) is 0 Å². The maximum Gasteiger partial charge on any atom is 0.416 e.